The van der Waals surface area contributed by atoms with Crippen LogP contribution in [0.25, 0.3) is 27.8 Å². The molecule has 1 fully saturated rings. The molecule has 32 heavy (non-hydrogen) atoms. The molecule has 166 valence electrons. The van der Waals surface area contributed by atoms with Crippen molar-refractivity contribution < 1.29 is 18.1 Å². The number of methoxy groups -OCH3 is 1. The molecule has 1 aliphatic rings. The molecule has 4 aromatic rings. The predicted octanol–water partition coefficient (Wildman–Crippen LogP) is 0.781. The number of fused-ring (bicyclic) bond motifs is 3. The molecule has 1 aliphatic heterocycles. The molecular weight excluding hydrogens is 428 g/mol. The molecule has 0 radical (unpaired) electrons. The van der Waals surface area contributed by atoms with Crippen LogP contribution in [0.2, 0.25) is 0 Å². The third-order valence-corrected chi connectivity index (χ3v) is 7.98. The summed E-state index contributed by atoms with van der Waals surface area (Å²) in [7, 11) is -0.173. The number of aromatic nitrogens is 4. The maximum atomic E-state index is 13.5. The minimum Gasteiger partial charge on any atom is -0.495 e. The van der Waals surface area contributed by atoms with Crippen molar-refractivity contribution in [1.29, 1.82) is 0 Å². The fraction of sp³-hybridized carbons (Fsp3) is 0.318. The Morgan fingerprint density at radius 2 is 1.75 bits per heavy atom. The first kappa shape index (κ1) is 20.8. The van der Waals surface area contributed by atoms with E-state index in [0.717, 1.165) is 29.6 Å². The van der Waals surface area contributed by atoms with Crippen molar-refractivity contribution in [2.24, 2.45) is 0 Å². The van der Waals surface area contributed by atoms with E-state index in [2.05, 4.69) is 22.3 Å². The van der Waals surface area contributed by atoms with E-state index in [1.807, 2.05) is 31.2 Å². The van der Waals surface area contributed by atoms with E-state index in [-0.39, 0.29) is 4.90 Å². The number of likely N-dealkylation sites (N-methyl/N-ethyl adjacent to an activating group) is 1. The van der Waals surface area contributed by atoms with Crippen molar-refractivity contribution in [3.63, 3.8) is 0 Å². The van der Waals surface area contributed by atoms with E-state index in [0.29, 0.717) is 35.9 Å². The van der Waals surface area contributed by atoms with Gasteiger partial charge in [0, 0.05) is 16.3 Å². The zero-order valence-electron chi connectivity index (χ0n) is 18.2. The van der Waals surface area contributed by atoms with Gasteiger partial charge in [-0.1, -0.05) is 24.3 Å². The van der Waals surface area contributed by atoms with Crippen molar-refractivity contribution >= 4 is 26.4 Å². The molecule has 0 spiro atoms. The number of benzene rings is 2. The molecule has 10 heteroatoms. The third kappa shape index (κ3) is 3.31. The zero-order valence-corrected chi connectivity index (χ0v) is 19.1. The first-order valence-electron chi connectivity index (χ1n) is 10.5. The average molecular weight is 454 g/mol. The number of sulfonamides is 1. The smallest absolute Gasteiger partial charge is 0.247 e. The number of aryl methyl sites for hydroxylation is 1. The lowest BCUT2D eigenvalue weighted by Crippen LogP contribution is -3.12. The van der Waals surface area contributed by atoms with Crippen LogP contribution in [-0.2, 0) is 10.0 Å². The second kappa shape index (κ2) is 7.80. The van der Waals surface area contributed by atoms with Crippen LogP contribution >= 0.6 is 0 Å². The van der Waals surface area contributed by atoms with Crippen LogP contribution in [0, 0.1) is 6.92 Å². The fourth-order valence-corrected chi connectivity index (χ4v) is 5.81. The number of rotatable bonds is 4. The predicted molar refractivity (Wildman–Crippen MR) is 120 cm³/mol. The van der Waals surface area contributed by atoms with Gasteiger partial charge in [-0.15, -0.1) is 10.2 Å². The van der Waals surface area contributed by atoms with Gasteiger partial charge in [0.05, 0.1) is 46.0 Å². The van der Waals surface area contributed by atoms with Crippen LogP contribution in [0.1, 0.15) is 5.69 Å². The van der Waals surface area contributed by atoms with Crippen LogP contribution in [0.15, 0.2) is 47.4 Å². The van der Waals surface area contributed by atoms with Crippen LogP contribution in [0.3, 0.4) is 0 Å². The summed E-state index contributed by atoms with van der Waals surface area (Å²) in [5.41, 5.74) is 2.08. The largest absolute Gasteiger partial charge is 0.495 e. The van der Waals surface area contributed by atoms with Crippen molar-refractivity contribution in [1.82, 2.24) is 24.1 Å². The fourth-order valence-electron chi connectivity index (χ4n) is 4.18. The number of nitrogens with one attached hydrogen (secondary N) is 1. The van der Waals surface area contributed by atoms with Gasteiger partial charge in [-0.3, -0.25) is 0 Å². The molecule has 0 atom stereocenters. The lowest BCUT2D eigenvalue weighted by atomic mass is 10.1. The Hall–Kier alpha value is -3.08. The summed E-state index contributed by atoms with van der Waals surface area (Å²) in [6, 6.07) is 13.0. The third-order valence-electron chi connectivity index (χ3n) is 6.06. The molecule has 9 nitrogen and oxygen atoms in total. The molecular formula is C22H25N6O3S+. The van der Waals surface area contributed by atoms with Crippen LogP contribution in [0.5, 0.6) is 5.75 Å². The number of quaternary nitrogens is 1. The van der Waals surface area contributed by atoms with E-state index in [1.165, 1.54) is 16.3 Å². The summed E-state index contributed by atoms with van der Waals surface area (Å²) in [5.74, 6) is 0.791. The summed E-state index contributed by atoms with van der Waals surface area (Å²) < 4.78 is 35.5. The quantitative estimate of drug-likeness (QED) is 0.491. The molecule has 3 heterocycles. The summed E-state index contributed by atoms with van der Waals surface area (Å²) in [4.78, 5) is 1.45. The van der Waals surface area contributed by atoms with Crippen LogP contribution in [-0.4, -0.2) is 72.9 Å². The summed E-state index contributed by atoms with van der Waals surface area (Å²) in [6.07, 6.45) is 0. The maximum Gasteiger partial charge on any atom is 0.247 e. The van der Waals surface area contributed by atoms with Gasteiger partial charge in [0.15, 0.2) is 11.5 Å². The Balaban J connectivity index is 1.65. The Kier molecular flexibility index (Phi) is 5.07. The van der Waals surface area contributed by atoms with Crippen molar-refractivity contribution in [3.8, 4) is 17.1 Å². The lowest BCUT2D eigenvalue weighted by molar-refractivity contribution is -0.883. The minimum atomic E-state index is -3.72. The number of nitrogens with zero attached hydrogens (tertiary/aromatic N) is 5. The number of ether oxygens (including phenoxy) is 1. The van der Waals surface area contributed by atoms with Gasteiger partial charge in [-0.25, -0.2) is 8.42 Å². The van der Waals surface area contributed by atoms with Gasteiger partial charge < -0.3 is 9.64 Å². The zero-order chi connectivity index (χ0) is 22.5. The van der Waals surface area contributed by atoms with E-state index in [9.17, 15) is 8.42 Å². The molecule has 0 aliphatic carbocycles. The normalized spacial score (nSPS) is 16.1. The van der Waals surface area contributed by atoms with E-state index in [1.54, 1.807) is 22.7 Å². The van der Waals surface area contributed by atoms with Crippen LogP contribution in [0.4, 0.5) is 0 Å². The minimum absolute atomic E-state index is 0.131. The topological polar surface area (TPSA) is 94.1 Å². The van der Waals surface area contributed by atoms with Gasteiger partial charge in [0.25, 0.3) is 0 Å². The second-order valence-electron chi connectivity index (χ2n) is 8.12. The average Bonchev–Trinajstić information content (AvgIpc) is 3.23. The van der Waals surface area contributed by atoms with Gasteiger partial charge in [0.1, 0.15) is 10.6 Å². The molecule has 0 saturated carbocycles. The molecule has 0 unspecified atom stereocenters. The van der Waals surface area contributed by atoms with Gasteiger partial charge in [-0.05, 0) is 25.1 Å². The highest BCUT2D eigenvalue weighted by Crippen LogP contribution is 2.32. The van der Waals surface area contributed by atoms with Gasteiger partial charge in [-0.2, -0.15) is 13.9 Å². The highest BCUT2D eigenvalue weighted by molar-refractivity contribution is 7.89. The molecule has 1 N–H and O–H groups in total. The highest BCUT2D eigenvalue weighted by Gasteiger charge is 2.32. The Morgan fingerprint density at radius 1 is 1.03 bits per heavy atom. The summed E-state index contributed by atoms with van der Waals surface area (Å²) in [6.45, 7) is 4.42. The molecule has 5 rings (SSSR count). The summed E-state index contributed by atoms with van der Waals surface area (Å²) in [5, 5.41) is 15.3. The lowest BCUT2D eigenvalue weighted by Gasteiger charge is -2.29. The Morgan fingerprint density at radius 3 is 2.47 bits per heavy atom. The van der Waals surface area contributed by atoms with Crippen molar-refractivity contribution in [2.75, 3.05) is 40.3 Å². The van der Waals surface area contributed by atoms with Gasteiger partial charge in [0.2, 0.25) is 10.0 Å². The van der Waals surface area contributed by atoms with E-state index < -0.39 is 10.0 Å². The number of hydrogen-bond donors (Lipinski definition) is 1. The SMILES string of the molecule is COc1ccc(-c2nnc3c4ccccc4c(C)nn23)cc1S(=O)(=O)N1CC[NH+](C)CC1. The van der Waals surface area contributed by atoms with Crippen LogP contribution < -0.4 is 9.64 Å². The maximum absolute atomic E-state index is 13.5. The van der Waals surface area contributed by atoms with Crippen molar-refractivity contribution in [3.05, 3.63) is 48.2 Å². The molecule has 0 amide bonds. The molecule has 2 aromatic carbocycles. The Bertz CT molecular complexity index is 1420. The molecule has 0 bridgehead atoms. The summed E-state index contributed by atoms with van der Waals surface area (Å²) >= 11 is 0. The van der Waals surface area contributed by atoms with E-state index >= 15 is 0 Å². The molecule has 2 aromatic heterocycles. The molecule has 1 saturated heterocycles. The van der Waals surface area contributed by atoms with Gasteiger partial charge >= 0.3 is 0 Å². The highest BCUT2D eigenvalue weighted by atomic mass is 32.2. The Labute approximate surface area is 186 Å². The van der Waals surface area contributed by atoms with E-state index in [4.69, 9.17) is 4.74 Å². The second-order valence-corrected chi connectivity index (χ2v) is 10.0. The monoisotopic (exact) mass is 453 g/mol. The number of piperazine rings is 1. The van der Waals surface area contributed by atoms with Crippen molar-refractivity contribution in [2.45, 2.75) is 11.8 Å². The standard InChI is InChI=1S/C22H24N6O3S/c1-15-17-6-4-5-7-18(17)22-24-23-21(28(22)25-15)16-8-9-19(31-3)20(14-16)32(29,30)27-12-10-26(2)11-13-27/h4-9,14H,10-13H2,1-3H3/p+1. The first-order chi connectivity index (χ1) is 15.4. The first-order valence-corrected chi connectivity index (χ1v) is 11.9. The number of hydrogen-bond acceptors (Lipinski definition) is 6.